The second-order valence-corrected chi connectivity index (χ2v) is 5.97. The van der Waals surface area contributed by atoms with Crippen LogP contribution in [0.15, 0.2) is 23.6 Å². The van der Waals surface area contributed by atoms with Crippen LogP contribution in [0.5, 0.6) is 11.5 Å². The van der Waals surface area contributed by atoms with E-state index in [4.69, 9.17) is 14.5 Å². The minimum atomic E-state index is 0.818. The van der Waals surface area contributed by atoms with E-state index in [2.05, 4.69) is 10.3 Å². The Bertz CT molecular complexity index is 606. The normalized spacial score (nSPS) is 15.0. The van der Waals surface area contributed by atoms with Crippen molar-refractivity contribution in [3.8, 4) is 22.8 Å². The van der Waals surface area contributed by atoms with Gasteiger partial charge in [-0.2, -0.15) is 0 Å². The van der Waals surface area contributed by atoms with E-state index in [1.165, 1.54) is 19.3 Å². The molecule has 0 amide bonds. The molecule has 1 aromatic carbocycles. The fourth-order valence-corrected chi connectivity index (χ4v) is 3.51. The van der Waals surface area contributed by atoms with Crippen molar-refractivity contribution in [2.75, 3.05) is 32.2 Å². The predicted octanol–water partition coefficient (Wildman–Crippen LogP) is 3.82. The fraction of sp³-hybridized carbons (Fsp3) is 0.438. The largest absolute Gasteiger partial charge is 0.497 e. The van der Waals surface area contributed by atoms with E-state index in [1.54, 1.807) is 25.6 Å². The minimum Gasteiger partial charge on any atom is -0.497 e. The Morgan fingerprint density at radius 2 is 1.90 bits per heavy atom. The number of anilines is 1. The van der Waals surface area contributed by atoms with E-state index in [9.17, 15) is 0 Å². The number of rotatable bonds is 4. The molecule has 4 nitrogen and oxygen atoms in total. The average molecular weight is 304 g/mol. The van der Waals surface area contributed by atoms with Crippen LogP contribution in [-0.4, -0.2) is 32.3 Å². The predicted molar refractivity (Wildman–Crippen MR) is 86.7 cm³/mol. The maximum absolute atomic E-state index is 5.45. The van der Waals surface area contributed by atoms with Crippen LogP contribution in [0.25, 0.3) is 11.3 Å². The van der Waals surface area contributed by atoms with Crippen molar-refractivity contribution < 1.29 is 9.47 Å². The molecule has 1 aromatic heterocycles. The highest BCUT2D eigenvalue weighted by molar-refractivity contribution is 7.14. The van der Waals surface area contributed by atoms with Crippen molar-refractivity contribution >= 4 is 16.5 Å². The molecular weight excluding hydrogens is 284 g/mol. The second-order valence-electron chi connectivity index (χ2n) is 5.13. The molecule has 112 valence electrons. The number of hydrogen-bond acceptors (Lipinski definition) is 5. The highest BCUT2D eigenvalue weighted by atomic mass is 32.1. The number of piperidine rings is 1. The summed E-state index contributed by atoms with van der Waals surface area (Å²) in [5.41, 5.74) is 1.94. The highest BCUT2D eigenvalue weighted by Gasteiger charge is 2.16. The zero-order chi connectivity index (χ0) is 14.7. The van der Waals surface area contributed by atoms with Gasteiger partial charge in [-0.1, -0.05) is 0 Å². The van der Waals surface area contributed by atoms with Crippen molar-refractivity contribution in [1.82, 2.24) is 4.98 Å². The van der Waals surface area contributed by atoms with Gasteiger partial charge in [0.05, 0.1) is 19.9 Å². The lowest BCUT2D eigenvalue weighted by atomic mass is 10.1. The summed E-state index contributed by atoms with van der Waals surface area (Å²) in [5, 5.41) is 3.20. The van der Waals surface area contributed by atoms with Crippen LogP contribution in [0.3, 0.4) is 0 Å². The van der Waals surface area contributed by atoms with Crippen molar-refractivity contribution in [2.45, 2.75) is 19.3 Å². The van der Waals surface area contributed by atoms with E-state index in [0.717, 1.165) is 41.0 Å². The molecule has 0 radical (unpaired) electrons. The van der Waals surface area contributed by atoms with E-state index in [-0.39, 0.29) is 0 Å². The van der Waals surface area contributed by atoms with E-state index in [0.29, 0.717) is 0 Å². The number of benzene rings is 1. The van der Waals surface area contributed by atoms with Gasteiger partial charge in [-0.3, -0.25) is 0 Å². The van der Waals surface area contributed by atoms with Gasteiger partial charge in [0.25, 0.3) is 0 Å². The van der Waals surface area contributed by atoms with E-state index >= 15 is 0 Å². The monoisotopic (exact) mass is 304 g/mol. The van der Waals surface area contributed by atoms with Crippen LogP contribution in [0.1, 0.15) is 19.3 Å². The lowest BCUT2D eigenvalue weighted by Gasteiger charge is -2.25. The summed E-state index contributed by atoms with van der Waals surface area (Å²) in [6, 6.07) is 5.81. The van der Waals surface area contributed by atoms with Crippen LogP contribution < -0.4 is 14.4 Å². The molecule has 0 N–H and O–H groups in total. The van der Waals surface area contributed by atoms with Crippen LogP contribution in [-0.2, 0) is 0 Å². The zero-order valence-electron chi connectivity index (χ0n) is 12.5. The molecule has 1 fully saturated rings. The third-order valence-corrected chi connectivity index (χ3v) is 4.70. The smallest absolute Gasteiger partial charge is 0.185 e. The lowest BCUT2D eigenvalue weighted by molar-refractivity contribution is 0.404. The first-order chi connectivity index (χ1) is 10.3. The molecule has 3 rings (SSSR count). The number of aromatic nitrogens is 1. The Labute approximate surface area is 129 Å². The molecule has 1 saturated heterocycles. The van der Waals surface area contributed by atoms with Gasteiger partial charge < -0.3 is 14.4 Å². The van der Waals surface area contributed by atoms with Gasteiger partial charge in [-0.05, 0) is 37.5 Å². The maximum atomic E-state index is 5.45. The molecular formula is C16H20N2O2S. The third-order valence-electron chi connectivity index (χ3n) is 3.80. The number of thiazole rings is 1. The lowest BCUT2D eigenvalue weighted by Crippen LogP contribution is -2.29. The molecule has 1 aliphatic rings. The summed E-state index contributed by atoms with van der Waals surface area (Å²) in [5.74, 6) is 1.64. The zero-order valence-corrected chi connectivity index (χ0v) is 13.3. The molecule has 2 heterocycles. The Kier molecular flexibility index (Phi) is 4.29. The quantitative estimate of drug-likeness (QED) is 0.860. The molecule has 21 heavy (non-hydrogen) atoms. The number of hydrogen-bond donors (Lipinski definition) is 0. The van der Waals surface area contributed by atoms with Crippen LogP contribution in [0, 0.1) is 0 Å². The summed E-state index contributed by atoms with van der Waals surface area (Å²) in [7, 11) is 3.36. The minimum absolute atomic E-state index is 0.818. The number of methoxy groups -OCH3 is 2. The SMILES string of the molecule is COc1ccc(OC)c(-c2csc(N3CCCCC3)n2)c1. The second kappa shape index (κ2) is 6.35. The van der Waals surface area contributed by atoms with Gasteiger partial charge in [-0.15, -0.1) is 11.3 Å². The Hall–Kier alpha value is -1.75. The maximum Gasteiger partial charge on any atom is 0.185 e. The average Bonchev–Trinajstić information content (AvgIpc) is 3.05. The Balaban J connectivity index is 1.91. The summed E-state index contributed by atoms with van der Waals surface area (Å²) in [4.78, 5) is 7.18. The summed E-state index contributed by atoms with van der Waals surface area (Å²) in [6.45, 7) is 2.23. The van der Waals surface area contributed by atoms with Crippen molar-refractivity contribution in [3.63, 3.8) is 0 Å². The highest BCUT2D eigenvalue weighted by Crippen LogP contribution is 2.36. The molecule has 5 heteroatoms. The molecule has 0 saturated carbocycles. The van der Waals surface area contributed by atoms with Gasteiger partial charge in [0.1, 0.15) is 11.5 Å². The number of nitrogens with zero attached hydrogens (tertiary/aromatic N) is 2. The van der Waals surface area contributed by atoms with E-state index < -0.39 is 0 Å². The first kappa shape index (κ1) is 14.2. The topological polar surface area (TPSA) is 34.6 Å². The van der Waals surface area contributed by atoms with Gasteiger partial charge in [-0.25, -0.2) is 4.98 Å². The molecule has 1 aliphatic heterocycles. The third kappa shape index (κ3) is 2.97. The van der Waals surface area contributed by atoms with Crippen molar-refractivity contribution in [1.29, 1.82) is 0 Å². The Morgan fingerprint density at radius 3 is 2.62 bits per heavy atom. The van der Waals surface area contributed by atoms with Crippen molar-refractivity contribution in [3.05, 3.63) is 23.6 Å². The molecule has 0 aliphatic carbocycles. The molecule has 0 bridgehead atoms. The van der Waals surface area contributed by atoms with Gasteiger partial charge in [0, 0.05) is 24.0 Å². The molecule has 0 unspecified atom stereocenters. The fourth-order valence-electron chi connectivity index (χ4n) is 2.63. The van der Waals surface area contributed by atoms with Crippen LogP contribution >= 0.6 is 11.3 Å². The molecule has 0 atom stereocenters. The standard InChI is InChI=1S/C16H20N2O2S/c1-19-12-6-7-15(20-2)13(10-12)14-11-21-16(17-14)18-8-4-3-5-9-18/h6-7,10-11H,3-5,8-9H2,1-2H3. The molecule has 2 aromatic rings. The first-order valence-corrected chi connectivity index (χ1v) is 8.12. The van der Waals surface area contributed by atoms with Crippen LogP contribution in [0.2, 0.25) is 0 Å². The summed E-state index contributed by atoms with van der Waals surface area (Å²) < 4.78 is 10.8. The summed E-state index contributed by atoms with van der Waals surface area (Å²) >= 11 is 1.70. The first-order valence-electron chi connectivity index (χ1n) is 7.24. The van der Waals surface area contributed by atoms with Gasteiger partial charge in [0.15, 0.2) is 5.13 Å². The van der Waals surface area contributed by atoms with Crippen molar-refractivity contribution in [2.24, 2.45) is 0 Å². The Morgan fingerprint density at radius 1 is 1.10 bits per heavy atom. The van der Waals surface area contributed by atoms with Gasteiger partial charge >= 0.3 is 0 Å². The van der Waals surface area contributed by atoms with Gasteiger partial charge in [0.2, 0.25) is 0 Å². The van der Waals surface area contributed by atoms with Crippen LogP contribution in [0.4, 0.5) is 5.13 Å². The summed E-state index contributed by atoms with van der Waals surface area (Å²) in [6.07, 6.45) is 3.85. The van der Waals surface area contributed by atoms with E-state index in [1.807, 2.05) is 18.2 Å². The molecule has 0 spiro atoms. The number of ether oxygens (including phenoxy) is 2.